The molecule has 21 heavy (non-hydrogen) atoms. The van der Waals surface area contributed by atoms with Crippen LogP contribution in [0.15, 0.2) is 0 Å². The normalized spacial score (nSPS) is 12.3. The topological polar surface area (TPSA) is 34.1 Å². The summed E-state index contributed by atoms with van der Waals surface area (Å²) in [6.45, 7) is 15.8. The van der Waals surface area contributed by atoms with Crippen molar-refractivity contribution in [3.8, 4) is 0 Å². The van der Waals surface area contributed by atoms with E-state index in [0.29, 0.717) is 5.92 Å². The maximum absolute atomic E-state index is 6.12. The molecule has 0 aliphatic heterocycles. The van der Waals surface area contributed by atoms with Gasteiger partial charge >= 0.3 is 0 Å². The molecule has 0 bridgehead atoms. The van der Waals surface area contributed by atoms with Gasteiger partial charge in [-0.3, -0.25) is 0 Å². The highest BCUT2D eigenvalue weighted by Crippen LogP contribution is 2.38. The number of hydrogen-bond donors (Lipinski definition) is 1. The molecule has 3 nitrogen and oxygen atoms in total. The second-order valence-corrected chi connectivity index (χ2v) is 6.88. The predicted octanol–water partition coefficient (Wildman–Crippen LogP) is 4.82. The molecule has 1 rings (SSSR count). The highest BCUT2D eigenvalue weighted by atomic mass is 32.1. The van der Waals surface area contributed by atoms with Crippen molar-refractivity contribution in [1.82, 2.24) is 10.3 Å². The maximum atomic E-state index is 6.12. The van der Waals surface area contributed by atoms with Gasteiger partial charge in [-0.2, -0.15) is 0 Å². The smallest absolute Gasteiger partial charge is 0.125 e. The molecule has 0 unspecified atom stereocenters. The van der Waals surface area contributed by atoms with E-state index in [1.54, 1.807) is 0 Å². The number of nitrogens with zero attached hydrogens (tertiary/aromatic N) is 1. The summed E-state index contributed by atoms with van der Waals surface area (Å²) < 4.78 is 6.12. The molecule has 1 aromatic rings. The lowest BCUT2D eigenvalue weighted by Gasteiger charge is -2.29. The Hall–Kier alpha value is -0.450. The Morgan fingerprint density at radius 3 is 2.33 bits per heavy atom. The molecule has 0 amide bonds. The van der Waals surface area contributed by atoms with Crippen molar-refractivity contribution in [2.75, 3.05) is 13.2 Å². The van der Waals surface area contributed by atoms with Crippen LogP contribution in [0.2, 0.25) is 0 Å². The number of nitrogens with one attached hydrogen (secondary N) is 1. The highest BCUT2D eigenvalue weighted by molar-refractivity contribution is 7.11. The van der Waals surface area contributed by atoms with Gasteiger partial charge in [0, 0.05) is 18.0 Å². The van der Waals surface area contributed by atoms with Crippen molar-refractivity contribution >= 4 is 11.3 Å². The Morgan fingerprint density at radius 1 is 1.19 bits per heavy atom. The zero-order valence-electron chi connectivity index (χ0n) is 14.6. The molecule has 0 radical (unpaired) electrons. The van der Waals surface area contributed by atoms with E-state index in [4.69, 9.17) is 9.72 Å². The fourth-order valence-corrected chi connectivity index (χ4v) is 4.08. The zero-order valence-corrected chi connectivity index (χ0v) is 15.4. The van der Waals surface area contributed by atoms with E-state index >= 15 is 0 Å². The van der Waals surface area contributed by atoms with Crippen molar-refractivity contribution in [2.24, 2.45) is 0 Å². The molecule has 0 aliphatic carbocycles. The molecule has 4 heteroatoms. The largest absolute Gasteiger partial charge is 0.368 e. The molecule has 0 atom stereocenters. The Kier molecular flexibility index (Phi) is 7.85. The molecule has 0 saturated carbocycles. The maximum Gasteiger partial charge on any atom is 0.125 e. The third-order valence-corrected chi connectivity index (χ3v) is 5.20. The van der Waals surface area contributed by atoms with Crippen LogP contribution in [-0.4, -0.2) is 18.1 Å². The van der Waals surface area contributed by atoms with E-state index in [0.717, 1.165) is 44.0 Å². The van der Waals surface area contributed by atoms with Crippen LogP contribution in [-0.2, 0) is 16.9 Å². The minimum absolute atomic E-state index is 0.202. The van der Waals surface area contributed by atoms with Gasteiger partial charge in [0.25, 0.3) is 0 Å². The third kappa shape index (κ3) is 4.51. The van der Waals surface area contributed by atoms with Crippen molar-refractivity contribution < 1.29 is 4.74 Å². The highest BCUT2D eigenvalue weighted by Gasteiger charge is 2.33. The van der Waals surface area contributed by atoms with Crippen LogP contribution in [0, 0.1) is 0 Å². The van der Waals surface area contributed by atoms with Crippen LogP contribution < -0.4 is 5.32 Å². The fourth-order valence-electron chi connectivity index (χ4n) is 2.61. The van der Waals surface area contributed by atoms with Gasteiger partial charge in [0.05, 0.1) is 5.69 Å². The summed E-state index contributed by atoms with van der Waals surface area (Å²) in [7, 11) is 0. The van der Waals surface area contributed by atoms with Gasteiger partial charge in [0.15, 0.2) is 0 Å². The van der Waals surface area contributed by atoms with Crippen LogP contribution in [0.4, 0.5) is 0 Å². The molecular formula is C17H32N2OS. The van der Waals surface area contributed by atoms with Crippen LogP contribution in [0.5, 0.6) is 0 Å². The molecule has 1 heterocycles. The van der Waals surface area contributed by atoms with E-state index in [1.807, 2.05) is 11.3 Å². The average molecular weight is 313 g/mol. The predicted molar refractivity (Wildman–Crippen MR) is 92.1 cm³/mol. The lowest BCUT2D eigenvalue weighted by atomic mass is 9.98. The van der Waals surface area contributed by atoms with E-state index in [2.05, 4.69) is 46.9 Å². The fraction of sp³-hybridized carbons (Fsp3) is 0.824. The second kappa shape index (κ2) is 8.86. The molecule has 122 valence electrons. The van der Waals surface area contributed by atoms with E-state index in [-0.39, 0.29) is 5.60 Å². The van der Waals surface area contributed by atoms with Gasteiger partial charge in [-0.05, 0) is 38.6 Å². The van der Waals surface area contributed by atoms with Crippen LogP contribution in [0.1, 0.15) is 82.3 Å². The Morgan fingerprint density at radius 2 is 1.86 bits per heavy atom. The molecular weight excluding hydrogens is 280 g/mol. The first-order valence-corrected chi connectivity index (χ1v) is 9.20. The second-order valence-electron chi connectivity index (χ2n) is 5.79. The zero-order chi connectivity index (χ0) is 15.9. The van der Waals surface area contributed by atoms with Gasteiger partial charge in [0.2, 0.25) is 0 Å². The van der Waals surface area contributed by atoms with Crippen molar-refractivity contribution in [2.45, 2.75) is 78.9 Å². The van der Waals surface area contributed by atoms with E-state index < -0.39 is 0 Å². The monoisotopic (exact) mass is 312 g/mol. The minimum Gasteiger partial charge on any atom is -0.368 e. The van der Waals surface area contributed by atoms with E-state index in [9.17, 15) is 0 Å². The van der Waals surface area contributed by atoms with Gasteiger partial charge in [-0.15, -0.1) is 11.3 Å². The molecule has 0 aliphatic rings. The first-order valence-electron chi connectivity index (χ1n) is 8.39. The number of aromatic nitrogens is 1. The number of ether oxygens (including phenoxy) is 1. The first kappa shape index (κ1) is 18.6. The summed E-state index contributed by atoms with van der Waals surface area (Å²) in [4.78, 5) is 6.35. The summed E-state index contributed by atoms with van der Waals surface area (Å²) >= 11 is 1.84. The molecule has 1 N–H and O–H groups in total. The molecule has 0 spiro atoms. The molecule has 0 aromatic carbocycles. The number of thiazole rings is 1. The minimum atomic E-state index is -0.202. The quantitative estimate of drug-likeness (QED) is 0.629. The van der Waals surface area contributed by atoms with E-state index in [1.165, 1.54) is 10.6 Å². The number of hydrogen-bond acceptors (Lipinski definition) is 4. The summed E-state index contributed by atoms with van der Waals surface area (Å²) in [5.41, 5.74) is 1.04. The van der Waals surface area contributed by atoms with Crippen molar-refractivity contribution in [3.63, 3.8) is 0 Å². The summed E-state index contributed by atoms with van der Waals surface area (Å²) in [6.07, 6.45) is 3.11. The molecule has 0 fully saturated rings. The van der Waals surface area contributed by atoms with Crippen molar-refractivity contribution in [3.05, 3.63) is 15.6 Å². The number of rotatable bonds is 10. The van der Waals surface area contributed by atoms with Gasteiger partial charge < -0.3 is 10.1 Å². The van der Waals surface area contributed by atoms with Gasteiger partial charge in [-0.1, -0.05) is 34.6 Å². The average Bonchev–Trinajstić information content (AvgIpc) is 2.90. The Balaban J connectivity index is 3.09. The Bertz CT molecular complexity index is 411. The Labute approximate surface area is 134 Å². The lowest BCUT2D eigenvalue weighted by Crippen LogP contribution is -2.28. The summed E-state index contributed by atoms with van der Waals surface area (Å²) in [5.74, 6) is 0.460. The van der Waals surface area contributed by atoms with Gasteiger partial charge in [0.1, 0.15) is 10.6 Å². The SMILES string of the molecule is CCCNCc1sc(C(CC)(CC)OCC)nc1C(C)C. The van der Waals surface area contributed by atoms with Crippen LogP contribution in [0.25, 0.3) is 0 Å². The first-order chi connectivity index (χ1) is 10.0. The van der Waals surface area contributed by atoms with Crippen molar-refractivity contribution in [1.29, 1.82) is 0 Å². The summed E-state index contributed by atoms with van der Waals surface area (Å²) in [5, 5.41) is 4.67. The standard InChI is InChI=1S/C17H32N2OS/c1-7-11-18-12-14-15(13(5)6)19-16(21-14)17(8-2,9-3)20-10-4/h13,18H,7-12H2,1-6H3. The van der Waals surface area contributed by atoms with Gasteiger partial charge in [-0.25, -0.2) is 4.98 Å². The van der Waals surface area contributed by atoms with Crippen LogP contribution in [0.3, 0.4) is 0 Å². The molecule has 0 saturated heterocycles. The summed E-state index contributed by atoms with van der Waals surface area (Å²) in [6, 6.07) is 0. The third-order valence-electron chi connectivity index (χ3n) is 3.94. The molecule has 1 aromatic heterocycles. The lowest BCUT2D eigenvalue weighted by molar-refractivity contribution is -0.0507. The van der Waals surface area contributed by atoms with Crippen LogP contribution >= 0.6 is 11.3 Å².